The number of nitrogens with zero attached hydrogens (tertiary/aromatic N) is 2. The molecule has 1 atom stereocenters. The van der Waals surface area contributed by atoms with Gasteiger partial charge in [-0.1, -0.05) is 6.92 Å². The summed E-state index contributed by atoms with van der Waals surface area (Å²) in [6.45, 7) is 5.13. The third-order valence-corrected chi connectivity index (χ3v) is 4.40. The van der Waals surface area contributed by atoms with Gasteiger partial charge in [-0.05, 0) is 50.9 Å². The molecule has 122 valence electrons. The van der Waals surface area contributed by atoms with Crippen LogP contribution in [0, 0.1) is 0 Å². The van der Waals surface area contributed by atoms with E-state index in [0.29, 0.717) is 11.6 Å². The van der Waals surface area contributed by atoms with E-state index in [9.17, 15) is 4.79 Å². The number of hydroxylamine groups is 1. The summed E-state index contributed by atoms with van der Waals surface area (Å²) in [5.41, 5.74) is 4.23. The van der Waals surface area contributed by atoms with Crippen LogP contribution in [0.4, 0.5) is 0 Å². The fraction of sp³-hybridized carbons (Fsp3) is 0.625. The molecule has 1 aromatic rings. The molecule has 0 radical (unpaired) electrons. The van der Waals surface area contributed by atoms with Crippen LogP contribution in [0.2, 0.25) is 0 Å². The number of aromatic nitrogens is 1. The minimum Gasteiger partial charge on any atom is -0.320 e. The first-order valence-electron chi connectivity index (χ1n) is 8.00. The van der Waals surface area contributed by atoms with Gasteiger partial charge >= 0.3 is 0 Å². The lowest BCUT2D eigenvalue weighted by Gasteiger charge is -2.34. The summed E-state index contributed by atoms with van der Waals surface area (Å²) in [5.74, 6) is -0.503. The number of nitrogens with one attached hydrogen (secondary N) is 2. The molecule has 0 fully saturated rings. The van der Waals surface area contributed by atoms with E-state index in [-0.39, 0.29) is 0 Å². The molecule has 1 unspecified atom stereocenters. The van der Waals surface area contributed by atoms with Gasteiger partial charge in [0.05, 0.1) is 11.3 Å². The van der Waals surface area contributed by atoms with Crippen molar-refractivity contribution in [2.75, 3.05) is 20.1 Å². The molecule has 0 saturated heterocycles. The maximum atomic E-state index is 11.4. The molecule has 1 aliphatic rings. The maximum Gasteiger partial charge on any atom is 0.276 e. The first-order chi connectivity index (χ1) is 10.7. The quantitative estimate of drug-likeness (QED) is 0.402. The summed E-state index contributed by atoms with van der Waals surface area (Å²) in [7, 11) is 1.99. The van der Waals surface area contributed by atoms with E-state index < -0.39 is 5.91 Å². The van der Waals surface area contributed by atoms with Crippen LogP contribution in [-0.4, -0.2) is 47.2 Å². The van der Waals surface area contributed by atoms with Gasteiger partial charge < -0.3 is 5.32 Å². The SMILES string of the molecule is CCC(CCCNC)N1CCc2cc(C(=O)NO)cnc2C1. The van der Waals surface area contributed by atoms with Gasteiger partial charge in [0, 0.05) is 25.3 Å². The zero-order valence-electron chi connectivity index (χ0n) is 13.4. The Balaban J connectivity index is 2.03. The van der Waals surface area contributed by atoms with Crippen LogP contribution < -0.4 is 10.8 Å². The minimum absolute atomic E-state index is 0.413. The van der Waals surface area contributed by atoms with E-state index in [0.717, 1.165) is 43.7 Å². The predicted molar refractivity (Wildman–Crippen MR) is 84.8 cm³/mol. The number of rotatable bonds is 7. The summed E-state index contributed by atoms with van der Waals surface area (Å²) in [4.78, 5) is 18.4. The van der Waals surface area contributed by atoms with Crippen molar-refractivity contribution in [2.45, 2.75) is 45.2 Å². The Morgan fingerprint density at radius 3 is 3.05 bits per heavy atom. The standard InChI is InChI=1S/C16H26N4O2/c1-3-14(5-4-7-17-2)20-8-6-12-9-13(16(21)19-22)10-18-15(12)11-20/h9-10,14,17,22H,3-8,11H2,1-2H3,(H,19,21). The van der Waals surface area contributed by atoms with Gasteiger partial charge in [-0.2, -0.15) is 0 Å². The second-order valence-corrected chi connectivity index (χ2v) is 5.80. The van der Waals surface area contributed by atoms with E-state index in [4.69, 9.17) is 5.21 Å². The number of hydrogen-bond acceptors (Lipinski definition) is 5. The fourth-order valence-electron chi connectivity index (χ4n) is 3.09. The molecule has 2 rings (SSSR count). The van der Waals surface area contributed by atoms with Crippen molar-refractivity contribution in [3.8, 4) is 0 Å². The Kier molecular flexibility index (Phi) is 6.30. The van der Waals surface area contributed by atoms with Crippen molar-refractivity contribution in [1.82, 2.24) is 20.7 Å². The van der Waals surface area contributed by atoms with Crippen LogP contribution in [0.25, 0.3) is 0 Å². The zero-order chi connectivity index (χ0) is 15.9. The van der Waals surface area contributed by atoms with Crippen molar-refractivity contribution in [2.24, 2.45) is 0 Å². The summed E-state index contributed by atoms with van der Waals surface area (Å²) in [6.07, 6.45) is 5.95. The Labute approximate surface area is 131 Å². The monoisotopic (exact) mass is 306 g/mol. The lowest BCUT2D eigenvalue weighted by Crippen LogP contribution is -2.39. The average Bonchev–Trinajstić information content (AvgIpc) is 2.57. The summed E-state index contributed by atoms with van der Waals surface area (Å²) in [6, 6.07) is 2.43. The van der Waals surface area contributed by atoms with Crippen LogP contribution in [0.3, 0.4) is 0 Å². The highest BCUT2D eigenvalue weighted by atomic mass is 16.5. The minimum atomic E-state index is -0.503. The van der Waals surface area contributed by atoms with Crippen molar-refractivity contribution in [1.29, 1.82) is 0 Å². The number of amides is 1. The number of pyridine rings is 1. The largest absolute Gasteiger partial charge is 0.320 e. The first kappa shape index (κ1) is 16.9. The van der Waals surface area contributed by atoms with Gasteiger partial charge in [-0.15, -0.1) is 0 Å². The molecule has 1 amide bonds. The van der Waals surface area contributed by atoms with E-state index in [1.807, 2.05) is 13.1 Å². The van der Waals surface area contributed by atoms with E-state index in [1.54, 1.807) is 5.48 Å². The van der Waals surface area contributed by atoms with Crippen molar-refractivity contribution < 1.29 is 10.0 Å². The summed E-state index contributed by atoms with van der Waals surface area (Å²) >= 11 is 0. The maximum absolute atomic E-state index is 11.4. The summed E-state index contributed by atoms with van der Waals surface area (Å²) in [5, 5.41) is 11.9. The van der Waals surface area contributed by atoms with E-state index in [1.165, 1.54) is 19.0 Å². The Hall–Kier alpha value is -1.50. The van der Waals surface area contributed by atoms with Crippen LogP contribution in [0.1, 0.15) is 47.8 Å². The van der Waals surface area contributed by atoms with Crippen LogP contribution >= 0.6 is 0 Å². The van der Waals surface area contributed by atoms with E-state index >= 15 is 0 Å². The Morgan fingerprint density at radius 2 is 2.36 bits per heavy atom. The fourth-order valence-corrected chi connectivity index (χ4v) is 3.09. The summed E-state index contributed by atoms with van der Waals surface area (Å²) < 4.78 is 0. The topological polar surface area (TPSA) is 77.5 Å². The van der Waals surface area contributed by atoms with Crippen LogP contribution in [0.15, 0.2) is 12.3 Å². The molecule has 22 heavy (non-hydrogen) atoms. The van der Waals surface area contributed by atoms with E-state index in [2.05, 4.69) is 22.1 Å². The molecule has 3 N–H and O–H groups in total. The lowest BCUT2D eigenvalue weighted by molar-refractivity contribution is 0.0705. The van der Waals surface area contributed by atoms with Gasteiger partial charge in [-0.3, -0.25) is 19.9 Å². The molecular formula is C16H26N4O2. The zero-order valence-corrected chi connectivity index (χ0v) is 13.4. The molecule has 0 bridgehead atoms. The molecular weight excluding hydrogens is 280 g/mol. The van der Waals surface area contributed by atoms with Crippen molar-refractivity contribution in [3.05, 3.63) is 29.1 Å². The number of fused-ring (bicyclic) bond motifs is 1. The highest BCUT2D eigenvalue weighted by Gasteiger charge is 2.23. The molecule has 0 spiro atoms. The molecule has 0 saturated carbocycles. The van der Waals surface area contributed by atoms with Gasteiger partial charge in [0.1, 0.15) is 0 Å². The van der Waals surface area contributed by atoms with Gasteiger partial charge in [0.25, 0.3) is 5.91 Å². The van der Waals surface area contributed by atoms with Crippen molar-refractivity contribution in [3.63, 3.8) is 0 Å². The van der Waals surface area contributed by atoms with Gasteiger partial charge in [0.15, 0.2) is 0 Å². The molecule has 6 heteroatoms. The van der Waals surface area contributed by atoms with Gasteiger partial charge in [-0.25, -0.2) is 5.48 Å². The number of carbonyl (C=O) groups is 1. The number of carbonyl (C=O) groups excluding carboxylic acids is 1. The highest BCUT2D eigenvalue weighted by molar-refractivity contribution is 5.93. The first-order valence-corrected chi connectivity index (χ1v) is 8.00. The van der Waals surface area contributed by atoms with Crippen molar-refractivity contribution >= 4 is 5.91 Å². The molecule has 6 nitrogen and oxygen atoms in total. The molecule has 2 heterocycles. The van der Waals surface area contributed by atoms with Gasteiger partial charge in [0.2, 0.25) is 0 Å². The molecule has 1 aromatic heterocycles. The molecule has 0 aromatic carbocycles. The predicted octanol–water partition coefficient (Wildman–Crippen LogP) is 1.34. The second kappa shape index (κ2) is 8.22. The Morgan fingerprint density at radius 1 is 1.55 bits per heavy atom. The Bertz CT molecular complexity index is 507. The van der Waals surface area contributed by atoms with Crippen LogP contribution in [-0.2, 0) is 13.0 Å². The molecule has 0 aliphatic carbocycles. The smallest absolute Gasteiger partial charge is 0.276 e. The van der Waals surface area contributed by atoms with Crippen LogP contribution in [0.5, 0.6) is 0 Å². The second-order valence-electron chi connectivity index (χ2n) is 5.80. The third kappa shape index (κ3) is 4.03. The number of hydrogen-bond donors (Lipinski definition) is 3. The lowest BCUT2D eigenvalue weighted by atomic mass is 9.99. The average molecular weight is 306 g/mol. The molecule has 1 aliphatic heterocycles. The third-order valence-electron chi connectivity index (χ3n) is 4.40. The normalized spacial score (nSPS) is 16.1. The highest BCUT2D eigenvalue weighted by Crippen LogP contribution is 2.22.